The van der Waals surface area contributed by atoms with Gasteiger partial charge in [-0.25, -0.2) is 0 Å². The van der Waals surface area contributed by atoms with Gasteiger partial charge in [0.15, 0.2) is 0 Å². The average molecular weight is 173 g/mol. The summed E-state index contributed by atoms with van der Waals surface area (Å²) in [5.41, 5.74) is 11.3. The molecule has 0 aromatic heterocycles. The summed E-state index contributed by atoms with van der Waals surface area (Å²) in [4.78, 5) is 0. The molecule has 68 valence electrons. The molecule has 0 saturated carbocycles. The molecule has 2 rings (SSSR count). The molecule has 0 radical (unpaired) electrons. The lowest BCUT2D eigenvalue weighted by molar-refractivity contribution is 0.954. The summed E-state index contributed by atoms with van der Waals surface area (Å²) < 4.78 is 0. The van der Waals surface area contributed by atoms with Gasteiger partial charge in [0.2, 0.25) is 0 Å². The molecule has 1 aliphatic carbocycles. The van der Waals surface area contributed by atoms with E-state index in [4.69, 9.17) is 5.73 Å². The Kier molecular flexibility index (Phi) is 2.19. The summed E-state index contributed by atoms with van der Waals surface area (Å²) in [6, 6.07) is 6.47. The molecule has 0 heterocycles. The second kappa shape index (κ2) is 3.35. The first-order valence-electron chi connectivity index (χ1n) is 4.81. The number of nitrogens with two attached hydrogens (primary N) is 1. The molecular formula is C12H15N. The van der Waals surface area contributed by atoms with Gasteiger partial charge in [0.25, 0.3) is 0 Å². The zero-order valence-electron chi connectivity index (χ0n) is 8.01. The van der Waals surface area contributed by atoms with Crippen molar-refractivity contribution in [3.8, 4) is 0 Å². The Labute approximate surface area is 79.3 Å². The molecule has 1 heteroatoms. The Balaban J connectivity index is 2.55. The molecule has 0 bridgehead atoms. The molecule has 1 nitrogen and oxygen atoms in total. The van der Waals surface area contributed by atoms with Crippen LogP contribution in [0, 0.1) is 6.92 Å². The molecule has 13 heavy (non-hydrogen) atoms. The van der Waals surface area contributed by atoms with Gasteiger partial charge in [-0.2, -0.15) is 0 Å². The van der Waals surface area contributed by atoms with Crippen molar-refractivity contribution in [3.05, 3.63) is 41.0 Å². The smallest absolute Gasteiger partial charge is 0.0181 e. The van der Waals surface area contributed by atoms with Crippen molar-refractivity contribution in [1.82, 2.24) is 0 Å². The molecular weight excluding hydrogens is 158 g/mol. The molecule has 1 aromatic carbocycles. The molecule has 0 amide bonds. The van der Waals surface area contributed by atoms with E-state index in [1.807, 2.05) is 0 Å². The van der Waals surface area contributed by atoms with Gasteiger partial charge in [-0.15, -0.1) is 0 Å². The maximum absolute atomic E-state index is 5.70. The topological polar surface area (TPSA) is 26.0 Å². The van der Waals surface area contributed by atoms with Gasteiger partial charge in [-0.1, -0.05) is 24.3 Å². The van der Waals surface area contributed by atoms with Gasteiger partial charge in [0.05, 0.1) is 0 Å². The Morgan fingerprint density at radius 2 is 2.23 bits per heavy atom. The third kappa shape index (κ3) is 1.40. The van der Waals surface area contributed by atoms with Crippen LogP contribution in [-0.4, -0.2) is 6.54 Å². The van der Waals surface area contributed by atoms with Crippen LogP contribution in [0.2, 0.25) is 0 Å². The summed E-state index contributed by atoms with van der Waals surface area (Å²) in [5, 5.41) is 0. The summed E-state index contributed by atoms with van der Waals surface area (Å²) in [6.45, 7) is 2.84. The maximum atomic E-state index is 5.70. The highest BCUT2D eigenvalue weighted by Crippen LogP contribution is 2.27. The number of allylic oxidation sites excluding steroid dienone is 1. The first-order valence-corrected chi connectivity index (χ1v) is 4.81. The fraction of sp³-hybridized carbons (Fsp3) is 0.333. The van der Waals surface area contributed by atoms with Crippen LogP contribution in [0.15, 0.2) is 24.3 Å². The van der Waals surface area contributed by atoms with Gasteiger partial charge >= 0.3 is 0 Å². The van der Waals surface area contributed by atoms with Crippen LogP contribution in [0.5, 0.6) is 0 Å². The van der Waals surface area contributed by atoms with Crippen molar-refractivity contribution in [2.24, 2.45) is 5.73 Å². The molecule has 0 unspecified atom stereocenters. The van der Waals surface area contributed by atoms with Crippen LogP contribution in [0.4, 0.5) is 0 Å². The molecule has 0 spiro atoms. The minimum Gasteiger partial charge on any atom is -0.326 e. The predicted molar refractivity (Wildman–Crippen MR) is 56.5 cm³/mol. The van der Waals surface area contributed by atoms with Crippen molar-refractivity contribution >= 4 is 5.57 Å². The number of rotatable bonds is 1. The van der Waals surface area contributed by atoms with E-state index in [-0.39, 0.29) is 0 Å². The molecule has 1 aromatic rings. The van der Waals surface area contributed by atoms with E-state index in [1.165, 1.54) is 28.7 Å². The van der Waals surface area contributed by atoms with Crippen molar-refractivity contribution in [3.63, 3.8) is 0 Å². The Hall–Kier alpha value is -1.08. The first kappa shape index (κ1) is 8.52. The lowest BCUT2D eigenvalue weighted by Crippen LogP contribution is -2.09. The fourth-order valence-electron chi connectivity index (χ4n) is 2.03. The van der Waals surface area contributed by atoms with Crippen LogP contribution in [0.1, 0.15) is 23.1 Å². The Morgan fingerprint density at radius 1 is 1.38 bits per heavy atom. The van der Waals surface area contributed by atoms with Crippen LogP contribution in [0.25, 0.3) is 5.57 Å². The van der Waals surface area contributed by atoms with E-state index >= 15 is 0 Å². The Bertz CT molecular complexity index is 350. The minimum atomic E-state index is 0.663. The predicted octanol–water partition coefficient (Wildman–Crippen LogP) is 2.28. The molecule has 0 aliphatic heterocycles. The van der Waals surface area contributed by atoms with E-state index in [0.29, 0.717) is 6.54 Å². The summed E-state index contributed by atoms with van der Waals surface area (Å²) in [5.74, 6) is 0. The SMILES string of the molecule is Cc1cccc2c1CCC=C2CN. The minimum absolute atomic E-state index is 0.663. The third-order valence-electron chi connectivity index (χ3n) is 2.76. The van der Waals surface area contributed by atoms with Crippen molar-refractivity contribution < 1.29 is 0 Å². The largest absolute Gasteiger partial charge is 0.326 e. The average Bonchev–Trinajstić information content (AvgIpc) is 2.18. The zero-order valence-corrected chi connectivity index (χ0v) is 8.01. The lowest BCUT2D eigenvalue weighted by atomic mass is 9.88. The van der Waals surface area contributed by atoms with Gasteiger partial charge in [-0.05, 0) is 42.0 Å². The van der Waals surface area contributed by atoms with Gasteiger partial charge in [-0.3, -0.25) is 0 Å². The number of benzene rings is 1. The lowest BCUT2D eigenvalue weighted by Gasteiger charge is -2.18. The highest BCUT2D eigenvalue weighted by molar-refractivity contribution is 5.72. The van der Waals surface area contributed by atoms with Crippen molar-refractivity contribution in [2.75, 3.05) is 6.54 Å². The molecule has 2 N–H and O–H groups in total. The fourth-order valence-corrected chi connectivity index (χ4v) is 2.03. The standard InChI is InChI=1S/C12H15N/c1-9-4-2-7-12-10(8-13)5-3-6-11(9)12/h2,4-5,7H,3,6,8,13H2,1H3. The highest BCUT2D eigenvalue weighted by atomic mass is 14.5. The second-order valence-corrected chi connectivity index (χ2v) is 3.57. The number of hydrogen-bond acceptors (Lipinski definition) is 1. The van der Waals surface area contributed by atoms with E-state index in [0.717, 1.165) is 6.42 Å². The summed E-state index contributed by atoms with van der Waals surface area (Å²) in [6.07, 6.45) is 4.58. The third-order valence-corrected chi connectivity index (χ3v) is 2.76. The summed E-state index contributed by atoms with van der Waals surface area (Å²) in [7, 11) is 0. The van der Waals surface area contributed by atoms with Gasteiger partial charge in [0, 0.05) is 6.54 Å². The normalized spacial score (nSPS) is 15.1. The molecule has 0 fully saturated rings. The van der Waals surface area contributed by atoms with Crippen molar-refractivity contribution in [2.45, 2.75) is 19.8 Å². The Morgan fingerprint density at radius 3 is 3.00 bits per heavy atom. The maximum Gasteiger partial charge on any atom is 0.0181 e. The number of aryl methyl sites for hydroxylation is 1. The first-order chi connectivity index (χ1) is 6.33. The van der Waals surface area contributed by atoms with Crippen LogP contribution < -0.4 is 5.73 Å². The van der Waals surface area contributed by atoms with Crippen LogP contribution in [-0.2, 0) is 6.42 Å². The monoisotopic (exact) mass is 173 g/mol. The van der Waals surface area contributed by atoms with Crippen LogP contribution >= 0.6 is 0 Å². The van der Waals surface area contributed by atoms with E-state index in [1.54, 1.807) is 0 Å². The number of hydrogen-bond donors (Lipinski definition) is 1. The quantitative estimate of drug-likeness (QED) is 0.692. The molecule has 0 saturated heterocycles. The van der Waals surface area contributed by atoms with Crippen LogP contribution in [0.3, 0.4) is 0 Å². The summed E-state index contributed by atoms with van der Waals surface area (Å²) >= 11 is 0. The molecule has 0 atom stereocenters. The van der Waals surface area contributed by atoms with Gasteiger partial charge in [0.1, 0.15) is 0 Å². The molecule has 1 aliphatic rings. The second-order valence-electron chi connectivity index (χ2n) is 3.57. The van der Waals surface area contributed by atoms with Gasteiger partial charge < -0.3 is 5.73 Å². The van der Waals surface area contributed by atoms with E-state index in [9.17, 15) is 0 Å². The highest BCUT2D eigenvalue weighted by Gasteiger charge is 2.11. The van der Waals surface area contributed by atoms with E-state index in [2.05, 4.69) is 31.2 Å². The van der Waals surface area contributed by atoms with E-state index < -0.39 is 0 Å². The van der Waals surface area contributed by atoms with Crippen molar-refractivity contribution in [1.29, 1.82) is 0 Å². The number of fused-ring (bicyclic) bond motifs is 1. The zero-order chi connectivity index (χ0) is 9.26.